The molecule has 3 rings (SSSR count). The molecule has 6 nitrogen and oxygen atoms in total. The van der Waals surface area contributed by atoms with E-state index in [1.165, 1.54) is 30.3 Å². The zero-order valence-corrected chi connectivity index (χ0v) is 25.8. The molecule has 41 heavy (non-hydrogen) atoms. The number of aliphatic hydroxyl groups is 1. The van der Waals surface area contributed by atoms with Gasteiger partial charge in [-0.2, -0.15) is 0 Å². The molecule has 2 aromatic carbocycles. The van der Waals surface area contributed by atoms with Gasteiger partial charge in [-0.25, -0.2) is 13.2 Å². The molecular formula is C31H45ClF3N3O3. The van der Waals surface area contributed by atoms with Crippen LogP contribution in [0.3, 0.4) is 0 Å². The minimum Gasteiger partial charge on any atom is -0.390 e. The number of benzene rings is 2. The molecule has 2 atom stereocenters. The van der Waals surface area contributed by atoms with E-state index >= 15 is 0 Å². The molecule has 0 heterocycles. The first-order chi connectivity index (χ1) is 19.2. The second-order valence-electron chi connectivity index (χ2n) is 11.5. The van der Waals surface area contributed by atoms with Gasteiger partial charge in [0.2, 0.25) is 12.3 Å². The van der Waals surface area contributed by atoms with Gasteiger partial charge in [0, 0.05) is 24.4 Å². The molecular weight excluding hydrogens is 555 g/mol. The molecule has 1 aliphatic rings. The second kappa shape index (κ2) is 16.7. The first kappa shape index (κ1) is 36.4. The molecule has 1 fully saturated rings. The van der Waals surface area contributed by atoms with E-state index in [9.17, 15) is 22.8 Å². The van der Waals surface area contributed by atoms with Gasteiger partial charge in [0.25, 0.3) is 0 Å². The summed E-state index contributed by atoms with van der Waals surface area (Å²) in [6.45, 7) is 12.1. The lowest BCUT2D eigenvalue weighted by Crippen LogP contribution is -2.51. The Balaban J connectivity index is 0.000000641. The maximum absolute atomic E-state index is 14.6. The van der Waals surface area contributed by atoms with Crippen molar-refractivity contribution >= 4 is 29.6 Å². The number of carbonyl (C=O) groups is 2. The maximum Gasteiger partial charge on any atom is 0.228 e. The predicted octanol–water partition coefficient (Wildman–Crippen LogP) is 6.81. The van der Waals surface area contributed by atoms with Crippen LogP contribution < -0.4 is 16.0 Å². The van der Waals surface area contributed by atoms with Crippen LogP contribution in [0.25, 0.3) is 0 Å². The standard InChI is InChI=1S/C23H28ClF3N2O.C6H11NO2.C2H6/c1-23(2,3)12-11-15(22(30)29-19-10-6-8-17(24)21(19)27)16(13-28-4)14-7-5-9-18(25)20(14)26;1-6(9)2-5(3-6)7-4-8;1-2/h5-10,15-16,28H,11-13H2,1-4H3,(H,29,30);4-5,9H,2-3H2,1H3,(H,7,8);1-2H3. The molecule has 2 amide bonds. The molecule has 0 aliphatic heterocycles. The Morgan fingerprint density at radius 2 is 1.73 bits per heavy atom. The fourth-order valence-electron chi connectivity index (χ4n) is 4.64. The van der Waals surface area contributed by atoms with Crippen LogP contribution in [0.2, 0.25) is 5.02 Å². The van der Waals surface area contributed by atoms with E-state index in [2.05, 4.69) is 16.0 Å². The third-order valence-corrected chi connectivity index (χ3v) is 7.01. The largest absolute Gasteiger partial charge is 0.390 e. The summed E-state index contributed by atoms with van der Waals surface area (Å²) in [5.41, 5.74) is -0.535. The lowest BCUT2D eigenvalue weighted by Gasteiger charge is -2.40. The summed E-state index contributed by atoms with van der Waals surface area (Å²) in [4.78, 5) is 23.0. The van der Waals surface area contributed by atoms with Crippen LogP contribution in [0.1, 0.15) is 78.7 Å². The van der Waals surface area contributed by atoms with Crippen molar-refractivity contribution in [3.8, 4) is 0 Å². The van der Waals surface area contributed by atoms with Crippen molar-refractivity contribution in [1.29, 1.82) is 0 Å². The first-order valence-corrected chi connectivity index (χ1v) is 14.3. The fourth-order valence-corrected chi connectivity index (χ4v) is 4.82. The number of amides is 2. The number of rotatable bonds is 10. The lowest BCUT2D eigenvalue weighted by molar-refractivity contribution is -0.121. The molecule has 10 heteroatoms. The quantitative estimate of drug-likeness (QED) is 0.226. The van der Waals surface area contributed by atoms with Gasteiger partial charge >= 0.3 is 0 Å². The summed E-state index contributed by atoms with van der Waals surface area (Å²) >= 11 is 5.82. The van der Waals surface area contributed by atoms with E-state index in [1.807, 2.05) is 34.6 Å². The highest BCUT2D eigenvalue weighted by atomic mass is 35.5. The third kappa shape index (κ3) is 11.6. The minimum atomic E-state index is -0.972. The van der Waals surface area contributed by atoms with E-state index in [1.54, 1.807) is 14.0 Å². The van der Waals surface area contributed by atoms with E-state index < -0.39 is 40.8 Å². The van der Waals surface area contributed by atoms with Crippen molar-refractivity contribution in [3.63, 3.8) is 0 Å². The number of hydrogen-bond acceptors (Lipinski definition) is 4. The van der Waals surface area contributed by atoms with Crippen LogP contribution >= 0.6 is 11.6 Å². The molecule has 0 saturated heterocycles. The topological polar surface area (TPSA) is 90.5 Å². The highest BCUT2D eigenvalue weighted by molar-refractivity contribution is 6.31. The SMILES string of the molecule is CC.CC1(O)CC(NC=O)C1.CNCC(c1cccc(F)c1F)C(CCC(C)(C)C)C(=O)Nc1cccc(Cl)c1F. The van der Waals surface area contributed by atoms with Crippen LogP contribution in [-0.4, -0.2) is 42.7 Å². The Morgan fingerprint density at radius 3 is 2.27 bits per heavy atom. The van der Waals surface area contributed by atoms with Crippen molar-refractivity contribution in [2.24, 2.45) is 11.3 Å². The molecule has 2 unspecified atom stereocenters. The summed E-state index contributed by atoms with van der Waals surface area (Å²) in [5, 5.41) is 17.2. The number of hydrogen-bond donors (Lipinski definition) is 4. The van der Waals surface area contributed by atoms with Crippen molar-refractivity contribution < 1.29 is 27.9 Å². The summed E-state index contributed by atoms with van der Waals surface area (Å²) in [5.74, 6) is -4.50. The van der Waals surface area contributed by atoms with Gasteiger partial charge in [0.1, 0.15) is 0 Å². The molecule has 2 aromatic rings. The Hall–Kier alpha value is -2.62. The molecule has 1 saturated carbocycles. The smallest absolute Gasteiger partial charge is 0.228 e. The molecule has 4 N–H and O–H groups in total. The summed E-state index contributed by atoms with van der Waals surface area (Å²) in [6.07, 6.45) is 3.14. The normalized spacial score (nSPS) is 19.3. The van der Waals surface area contributed by atoms with E-state index in [0.717, 1.165) is 6.07 Å². The Kier molecular flexibility index (Phi) is 14.9. The van der Waals surface area contributed by atoms with Crippen molar-refractivity contribution in [2.75, 3.05) is 18.9 Å². The minimum absolute atomic E-state index is 0.0452. The van der Waals surface area contributed by atoms with Crippen LogP contribution in [0.4, 0.5) is 18.9 Å². The third-order valence-electron chi connectivity index (χ3n) is 6.72. The highest BCUT2D eigenvalue weighted by Crippen LogP contribution is 2.35. The van der Waals surface area contributed by atoms with Gasteiger partial charge < -0.3 is 21.1 Å². The van der Waals surface area contributed by atoms with Crippen LogP contribution in [0.5, 0.6) is 0 Å². The molecule has 0 bridgehead atoms. The zero-order valence-electron chi connectivity index (χ0n) is 25.1. The fraction of sp³-hybridized carbons (Fsp3) is 0.548. The summed E-state index contributed by atoms with van der Waals surface area (Å²) in [6, 6.07) is 8.48. The maximum atomic E-state index is 14.6. The van der Waals surface area contributed by atoms with E-state index in [4.69, 9.17) is 16.7 Å². The van der Waals surface area contributed by atoms with Crippen molar-refractivity contribution in [2.45, 2.75) is 84.8 Å². The average molecular weight is 600 g/mol. The molecule has 1 aliphatic carbocycles. The van der Waals surface area contributed by atoms with Gasteiger partial charge in [0.05, 0.1) is 16.3 Å². The summed E-state index contributed by atoms with van der Waals surface area (Å²) < 4.78 is 42.8. The number of likely N-dealkylation sites (N-methyl/N-ethyl adjacent to an activating group) is 1. The number of nitrogens with one attached hydrogen (secondary N) is 3. The van der Waals surface area contributed by atoms with E-state index in [0.29, 0.717) is 32.1 Å². The van der Waals surface area contributed by atoms with Gasteiger partial charge in [-0.05, 0) is 68.8 Å². The van der Waals surface area contributed by atoms with Gasteiger partial charge in [-0.1, -0.05) is 64.4 Å². The predicted molar refractivity (Wildman–Crippen MR) is 159 cm³/mol. The summed E-state index contributed by atoms with van der Waals surface area (Å²) in [7, 11) is 1.68. The number of halogens is 4. The van der Waals surface area contributed by atoms with Gasteiger partial charge in [-0.3, -0.25) is 9.59 Å². The van der Waals surface area contributed by atoms with Crippen LogP contribution in [0.15, 0.2) is 36.4 Å². The second-order valence-corrected chi connectivity index (χ2v) is 11.9. The van der Waals surface area contributed by atoms with Crippen LogP contribution in [-0.2, 0) is 9.59 Å². The van der Waals surface area contributed by atoms with Gasteiger partial charge in [-0.15, -0.1) is 0 Å². The van der Waals surface area contributed by atoms with Gasteiger partial charge in [0.15, 0.2) is 17.5 Å². The van der Waals surface area contributed by atoms with Crippen LogP contribution in [0, 0.1) is 28.8 Å². The monoisotopic (exact) mass is 599 g/mol. The highest BCUT2D eigenvalue weighted by Gasteiger charge is 2.38. The zero-order chi connectivity index (χ0) is 31.4. The van der Waals surface area contributed by atoms with E-state index in [-0.39, 0.29) is 34.3 Å². The first-order valence-electron chi connectivity index (χ1n) is 13.9. The van der Waals surface area contributed by atoms with Crippen molar-refractivity contribution in [3.05, 3.63) is 64.4 Å². The Morgan fingerprint density at radius 1 is 1.12 bits per heavy atom. The lowest BCUT2D eigenvalue weighted by atomic mass is 9.77. The Labute approximate surface area is 247 Å². The number of carbonyl (C=O) groups excluding carboxylic acids is 2. The number of anilines is 1. The van der Waals surface area contributed by atoms with Crippen molar-refractivity contribution in [1.82, 2.24) is 10.6 Å². The Bertz CT molecular complexity index is 1120. The molecule has 0 aromatic heterocycles. The molecule has 0 radical (unpaired) electrons. The molecule has 230 valence electrons. The molecule has 0 spiro atoms. The average Bonchev–Trinajstić information content (AvgIpc) is 2.88.